The molecule has 4 heterocycles. The summed E-state index contributed by atoms with van der Waals surface area (Å²) in [5.41, 5.74) is 2.39. The third kappa shape index (κ3) is 7.29. The largest absolute Gasteiger partial charge is 0.493 e. The predicted octanol–water partition coefficient (Wildman–Crippen LogP) is 5.04. The molecule has 2 amide bonds. The summed E-state index contributed by atoms with van der Waals surface area (Å²) >= 11 is 0. The van der Waals surface area contributed by atoms with Gasteiger partial charge in [-0.15, -0.1) is 0 Å². The van der Waals surface area contributed by atoms with Crippen LogP contribution in [0, 0.1) is 0 Å². The third-order valence-electron chi connectivity index (χ3n) is 9.82. The number of aliphatic imine (C=N–C) groups is 1. The molecule has 6 rings (SSSR count). The summed E-state index contributed by atoms with van der Waals surface area (Å²) in [4.78, 5) is 34.8. The lowest BCUT2D eigenvalue weighted by molar-refractivity contribution is 0.0747. The third-order valence-corrected chi connectivity index (χ3v) is 13.2. The topological polar surface area (TPSA) is 139 Å². The Balaban J connectivity index is 1.04. The van der Waals surface area contributed by atoms with Crippen molar-refractivity contribution in [3.05, 3.63) is 35.4 Å². The van der Waals surface area contributed by atoms with Crippen LogP contribution >= 0.6 is 7.14 Å². The molecule has 0 aliphatic carbocycles. The van der Waals surface area contributed by atoms with Crippen molar-refractivity contribution in [1.29, 1.82) is 0 Å². The van der Waals surface area contributed by atoms with Crippen LogP contribution in [0.15, 0.2) is 29.3 Å². The molecule has 13 heteroatoms. The van der Waals surface area contributed by atoms with Gasteiger partial charge in [-0.3, -0.25) is 14.6 Å². The van der Waals surface area contributed by atoms with Crippen molar-refractivity contribution in [2.75, 3.05) is 77.5 Å². The van der Waals surface area contributed by atoms with Crippen molar-refractivity contribution in [2.24, 2.45) is 4.99 Å². The molecule has 0 aromatic heterocycles. The Labute approximate surface area is 282 Å². The van der Waals surface area contributed by atoms with E-state index in [0.29, 0.717) is 97.3 Å². The average Bonchev–Trinajstić information content (AvgIpc) is 3.73. The average molecular weight is 683 g/mol. The van der Waals surface area contributed by atoms with Gasteiger partial charge in [-0.05, 0) is 57.1 Å². The second-order valence-electron chi connectivity index (χ2n) is 12.9. The number of aliphatic hydroxyl groups is 1. The lowest BCUT2D eigenvalue weighted by Crippen LogP contribution is -2.36. The Hall–Kier alpha value is -3.76. The zero-order valence-electron chi connectivity index (χ0n) is 27.9. The Morgan fingerprint density at radius 2 is 1.46 bits per heavy atom. The van der Waals surface area contributed by atoms with Gasteiger partial charge in [0.25, 0.3) is 11.8 Å². The van der Waals surface area contributed by atoms with Gasteiger partial charge in [0, 0.05) is 69.1 Å². The van der Waals surface area contributed by atoms with Crippen LogP contribution < -0.4 is 24.3 Å². The molecule has 2 aromatic carbocycles. The van der Waals surface area contributed by atoms with Gasteiger partial charge in [0.15, 0.2) is 23.0 Å². The quantitative estimate of drug-likeness (QED) is 0.196. The second kappa shape index (κ2) is 15.2. The van der Waals surface area contributed by atoms with E-state index in [9.17, 15) is 19.3 Å². The number of fused-ring (bicyclic) bond motifs is 4. The maximum absolute atomic E-state index is 14.0. The highest BCUT2D eigenvalue weighted by atomic mass is 31.2. The van der Waals surface area contributed by atoms with Crippen LogP contribution in [0.1, 0.15) is 65.7 Å². The van der Waals surface area contributed by atoms with Gasteiger partial charge >= 0.3 is 0 Å². The molecule has 12 nitrogen and oxygen atoms in total. The summed E-state index contributed by atoms with van der Waals surface area (Å²) < 4.78 is 37.3. The molecule has 0 bridgehead atoms. The smallest absolute Gasteiger partial charge is 0.256 e. The van der Waals surface area contributed by atoms with E-state index in [-0.39, 0.29) is 30.5 Å². The predicted molar refractivity (Wildman–Crippen MR) is 185 cm³/mol. The first kappa shape index (κ1) is 34.1. The molecule has 2 fully saturated rings. The maximum atomic E-state index is 14.0. The fourth-order valence-electron chi connectivity index (χ4n) is 7.24. The maximum Gasteiger partial charge on any atom is 0.256 e. The van der Waals surface area contributed by atoms with Crippen molar-refractivity contribution in [2.45, 2.75) is 57.0 Å². The Kier molecular flexibility index (Phi) is 10.8. The fourth-order valence-corrected chi connectivity index (χ4v) is 10.0. The fraction of sp³-hybridized carbons (Fsp3) is 0.571. The Morgan fingerprint density at radius 3 is 2.17 bits per heavy atom. The van der Waals surface area contributed by atoms with Gasteiger partial charge in [-0.2, -0.15) is 0 Å². The van der Waals surface area contributed by atoms with Crippen molar-refractivity contribution < 1.29 is 38.2 Å². The van der Waals surface area contributed by atoms with Crippen LogP contribution in [-0.4, -0.2) is 117 Å². The first-order valence-corrected chi connectivity index (χ1v) is 19.4. The first-order chi connectivity index (χ1) is 23.3. The van der Waals surface area contributed by atoms with E-state index in [4.69, 9.17) is 18.9 Å². The standard InChI is InChI=1S/C35H47N4O8P/c1-44-30-18-26-28(36-22-24-8-3-10-38(24)34(26)41)20-32(30)46-13-6-16-48(43,15-5-12-40)17-7-14-47-33-21-29-27(19-31(33)45-2)35(42)39-11-4-9-25(39)23-37-29/h18-22,24-25,37,40H,3-17,23H2,1-2H3/t24-,25-,48?/m0/s1. The van der Waals surface area contributed by atoms with Crippen LogP contribution in [0.3, 0.4) is 0 Å². The van der Waals surface area contributed by atoms with E-state index < -0.39 is 7.14 Å². The number of methoxy groups -OCH3 is 2. The van der Waals surface area contributed by atoms with E-state index in [0.717, 1.165) is 44.5 Å². The second-order valence-corrected chi connectivity index (χ2v) is 16.4. The van der Waals surface area contributed by atoms with Crippen LogP contribution in [0.2, 0.25) is 0 Å². The Morgan fingerprint density at radius 1 is 0.833 bits per heavy atom. The van der Waals surface area contributed by atoms with Crippen molar-refractivity contribution in [1.82, 2.24) is 9.80 Å². The van der Waals surface area contributed by atoms with Crippen LogP contribution in [-0.2, 0) is 4.57 Å². The monoisotopic (exact) mass is 682 g/mol. The van der Waals surface area contributed by atoms with E-state index in [1.165, 1.54) is 0 Å². The van der Waals surface area contributed by atoms with Crippen molar-refractivity contribution in [3.63, 3.8) is 0 Å². The highest BCUT2D eigenvalue weighted by Gasteiger charge is 2.35. The molecule has 0 spiro atoms. The number of aliphatic hydroxyl groups excluding tert-OH is 1. The zero-order valence-corrected chi connectivity index (χ0v) is 28.8. The molecule has 1 unspecified atom stereocenters. The SMILES string of the molecule is COc1cc2c(cc1OCCCP(=O)(CCCO)CCCOc1cc3c(cc1OC)C(=O)N1CCC[C@H]1CN3)N=C[C@@H]1CCCN1C2=O. The first-order valence-electron chi connectivity index (χ1n) is 17.1. The minimum absolute atomic E-state index is 0.0144. The van der Waals surface area contributed by atoms with Gasteiger partial charge in [-0.25, -0.2) is 0 Å². The lowest BCUT2D eigenvalue weighted by Gasteiger charge is -2.21. The molecule has 2 N–H and O–H groups in total. The molecule has 0 radical (unpaired) electrons. The van der Waals surface area contributed by atoms with Gasteiger partial charge < -0.3 is 43.7 Å². The number of anilines is 1. The summed E-state index contributed by atoms with van der Waals surface area (Å²) in [7, 11) is 0.481. The van der Waals surface area contributed by atoms with E-state index in [1.807, 2.05) is 22.1 Å². The molecule has 48 heavy (non-hydrogen) atoms. The molecule has 260 valence electrons. The van der Waals surface area contributed by atoms with Gasteiger partial charge in [-0.1, -0.05) is 0 Å². The number of rotatable bonds is 15. The van der Waals surface area contributed by atoms with Crippen LogP contribution in [0.25, 0.3) is 0 Å². The van der Waals surface area contributed by atoms with Crippen LogP contribution in [0.5, 0.6) is 23.0 Å². The minimum atomic E-state index is -2.62. The zero-order chi connectivity index (χ0) is 33.7. The number of carbonyl (C=O) groups excluding carboxylic acids is 2. The summed E-state index contributed by atoms with van der Waals surface area (Å²) in [6.45, 7) is 2.83. The minimum Gasteiger partial charge on any atom is -0.493 e. The number of nitrogens with one attached hydrogen (secondary N) is 1. The highest BCUT2D eigenvalue weighted by molar-refractivity contribution is 7.63. The summed E-state index contributed by atoms with van der Waals surface area (Å²) in [6, 6.07) is 7.24. The number of nitrogens with zero attached hydrogens (tertiary/aromatic N) is 3. The summed E-state index contributed by atoms with van der Waals surface area (Å²) in [5.74, 6) is 1.96. The Bertz CT molecular complexity index is 1580. The molecule has 3 atom stereocenters. The lowest BCUT2D eigenvalue weighted by atomic mass is 10.1. The molecular weight excluding hydrogens is 635 g/mol. The molecule has 2 aromatic rings. The number of carbonyl (C=O) groups is 2. The number of benzene rings is 2. The van der Waals surface area contributed by atoms with Crippen molar-refractivity contribution >= 4 is 36.5 Å². The number of ether oxygens (including phenoxy) is 4. The molecule has 4 aliphatic rings. The molecule has 4 aliphatic heterocycles. The van der Waals surface area contributed by atoms with E-state index >= 15 is 0 Å². The van der Waals surface area contributed by atoms with Crippen molar-refractivity contribution in [3.8, 4) is 23.0 Å². The summed E-state index contributed by atoms with van der Waals surface area (Å²) in [6.07, 6.45) is 8.72. The normalized spacial score (nSPS) is 20.9. The number of hydrogen-bond acceptors (Lipinski definition) is 10. The van der Waals surface area contributed by atoms with E-state index in [2.05, 4.69) is 10.3 Å². The van der Waals surface area contributed by atoms with Gasteiger partial charge in [0.2, 0.25) is 0 Å². The van der Waals surface area contributed by atoms with Gasteiger partial charge in [0.05, 0.1) is 63.1 Å². The van der Waals surface area contributed by atoms with Gasteiger partial charge in [0.1, 0.15) is 0 Å². The summed E-state index contributed by atoms with van der Waals surface area (Å²) in [5, 5.41) is 12.9. The molecule has 0 saturated carbocycles. The number of hydrogen-bond donors (Lipinski definition) is 2. The molecule has 2 saturated heterocycles. The molecular formula is C35H47N4O8P. The van der Waals surface area contributed by atoms with E-state index in [1.54, 1.807) is 32.4 Å². The van der Waals surface area contributed by atoms with Crippen LogP contribution in [0.4, 0.5) is 11.4 Å². The highest BCUT2D eigenvalue weighted by Crippen LogP contribution is 2.48. The number of amides is 2.